The lowest BCUT2D eigenvalue weighted by Crippen LogP contribution is -2.19. The Morgan fingerprint density at radius 1 is 1.39 bits per heavy atom. The summed E-state index contributed by atoms with van der Waals surface area (Å²) in [6.45, 7) is 4.28. The zero-order valence-corrected chi connectivity index (χ0v) is 11.9. The summed E-state index contributed by atoms with van der Waals surface area (Å²) in [4.78, 5) is 11.1. The Hall–Kier alpha value is -1.05. The molecule has 0 N–H and O–H groups in total. The molecule has 0 aromatic heterocycles. The van der Waals surface area contributed by atoms with Crippen LogP contribution in [-0.4, -0.2) is 13.1 Å². The maximum absolute atomic E-state index is 11.1. The minimum atomic E-state index is -0.0261. The molecule has 1 saturated carbocycles. The fourth-order valence-corrected chi connectivity index (χ4v) is 2.69. The molecule has 2 bridgehead atoms. The van der Waals surface area contributed by atoms with Gasteiger partial charge < -0.3 is 4.74 Å². The second-order valence-corrected chi connectivity index (χ2v) is 5.12. The number of allylic oxidation sites excluding steroid dienone is 4. The molecule has 0 radical (unpaired) electrons. The Bertz CT molecular complexity index is 304. The highest BCUT2D eigenvalue weighted by Gasteiger charge is 2.40. The van der Waals surface area contributed by atoms with Gasteiger partial charge in [0.2, 0.25) is 0 Å². The molecule has 0 amide bonds. The number of carbonyl (C=O) groups is 1. The van der Waals surface area contributed by atoms with E-state index in [9.17, 15) is 4.79 Å². The van der Waals surface area contributed by atoms with Crippen molar-refractivity contribution in [1.29, 1.82) is 0 Å². The quantitative estimate of drug-likeness (QED) is 0.426. The minimum Gasteiger partial charge on any atom is -0.469 e. The van der Waals surface area contributed by atoms with Crippen molar-refractivity contribution in [2.75, 3.05) is 7.11 Å². The average Bonchev–Trinajstić information content (AvgIpc) is 3.01. The molecule has 0 aliphatic heterocycles. The summed E-state index contributed by atoms with van der Waals surface area (Å²) in [6, 6.07) is 0. The third kappa shape index (κ3) is 4.32. The van der Waals surface area contributed by atoms with Gasteiger partial charge in [0.1, 0.15) is 0 Å². The van der Waals surface area contributed by atoms with Crippen LogP contribution in [0.15, 0.2) is 24.3 Å². The molecule has 1 fully saturated rings. The molecule has 0 aromatic carbocycles. The van der Waals surface area contributed by atoms with E-state index in [0.717, 1.165) is 6.42 Å². The smallest absolute Gasteiger partial charge is 0.309 e. The molecular formula is C16H26O2. The predicted molar refractivity (Wildman–Crippen MR) is 75.2 cm³/mol. The molecule has 102 valence electrons. The molecule has 0 spiro atoms. The Morgan fingerprint density at radius 2 is 2.17 bits per heavy atom. The zero-order valence-electron chi connectivity index (χ0n) is 11.9. The maximum Gasteiger partial charge on any atom is 0.309 e. The standard InChI is InChI=1S/C9H12O2.C7H14/c1-11-9(10)8-5-6-2-3-7(8)4-6;1-3-5-7-6-4-2/h2-3,6-8H,4-5H2,1H3;3,5H,4,6-7H2,1-2H3. The highest BCUT2D eigenvalue weighted by Crippen LogP contribution is 2.43. The Labute approximate surface area is 111 Å². The van der Waals surface area contributed by atoms with E-state index in [4.69, 9.17) is 4.74 Å². The van der Waals surface area contributed by atoms with Crippen molar-refractivity contribution >= 4 is 5.97 Å². The van der Waals surface area contributed by atoms with Gasteiger partial charge in [0.05, 0.1) is 13.0 Å². The SMILES string of the molecule is CC=CCCCC.COC(=O)C1CC2C=CC1C2. The first-order valence-electron chi connectivity index (χ1n) is 7.10. The van der Waals surface area contributed by atoms with Gasteiger partial charge in [0.15, 0.2) is 0 Å². The van der Waals surface area contributed by atoms with E-state index in [1.807, 2.05) is 0 Å². The monoisotopic (exact) mass is 250 g/mol. The third-order valence-electron chi connectivity index (χ3n) is 3.74. The van der Waals surface area contributed by atoms with E-state index in [0.29, 0.717) is 11.8 Å². The van der Waals surface area contributed by atoms with Gasteiger partial charge in [-0.3, -0.25) is 4.79 Å². The third-order valence-corrected chi connectivity index (χ3v) is 3.74. The van der Waals surface area contributed by atoms with E-state index in [1.54, 1.807) is 0 Å². The van der Waals surface area contributed by atoms with Gasteiger partial charge >= 0.3 is 5.97 Å². The second kappa shape index (κ2) is 8.12. The molecule has 0 saturated heterocycles. The first-order valence-corrected chi connectivity index (χ1v) is 7.10. The van der Waals surface area contributed by atoms with Crippen LogP contribution in [0, 0.1) is 17.8 Å². The average molecular weight is 250 g/mol. The Balaban J connectivity index is 0.000000203. The topological polar surface area (TPSA) is 26.3 Å². The first kappa shape index (κ1) is 15.0. The van der Waals surface area contributed by atoms with Gasteiger partial charge in [-0.05, 0) is 38.0 Å². The zero-order chi connectivity index (χ0) is 13.4. The number of carbonyl (C=O) groups excluding carboxylic acids is 1. The van der Waals surface area contributed by atoms with Crippen molar-refractivity contribution in [3.8, 4) is 0 Å². The van der Waals surface area contributed by atoms with Crippen LogP contribution in [0.1, 0.15) is 46.0 Å². The molecule has 0 aromatic rings. The molecule has 3 atom stereocenters. The molecule has 3 unspecified atom stereocenters. The van der Waals surface area contributed by atoms with Crippen molar-refractivity contribution < 1.29 is 9.53 Å². The number of fused-ring (bicyclic) bond motifs is 2. The molecule has 18 heavy (non-hydrogen) atoms. The van der Waals surface area contributed by atoms with Crippen LogP contribution in [0.5, 0.6) is 0 Å². The van der Waals surface area contributed by atoms with E-state index in [1.165, 1.54) is 32.8 Å². The van der Waals surface area contributed by atoms with Crippen LogP contribution in [0.3, 0.4) is 0 Å². The van der Waals surface area contributed by atoms with Crippen LogP contribution in [0.4, 0.5) is 0 Å². The number of unbranched alkanes of at least 4 members (excludes halogenated alkanes) is 2. The van der Waals surface area contributed by atoms with Crippen LogP contribution in [0.2, 0.25) is 0 Å². The van der Waals surface area contributed by atoms with E-state index >= 15 is 0 Å². The van der Waals surface area contributed by atoms with Gasteiger partial charge in [-0.1, -0.05) is 44.1 Å². The highest BCUT2D eigenvalue weighted by atomic mass is 16.5. The molecule has 0 heterocycles. The van der Waals surface area contributed by atoms with Gasteiger partial charge in [0, 0.05) is 0 Å². The lowest BCUT2D eigenvalue weighted by Gasteiger charge is -2.14. The normalized spacial score (nSPS) is 28.3. The fraction of sp³-hybridized carbons (Fsp3) is 0.688. The minimum absolute atomic E-state index is 0.0261. The van der Waals surface area contributed by atoms with Gasteiger partial charge in [0.25, 0.3) is 0 Å². The van der Waals surface area contributed by atoms with Gasteiger partial charge in [-0.25, -0.2) is 0 Å². The molecule has 2 nitrogen and oxygen atoms in total. The van der Waals surface area contributed by atoms with Crippen molar-refractivity contribution in [1.82, 2.24) is 0 Å². The molecular weight excluding hydrogens is 224 g/mol. The summed E-state index contributed by atoms with van der Waals surface area (Å²) in [5.74, 6) is 1.27. The van der Waals surface area contributed by atoms with Crippen LogP contribution in [-0.2, 0) is 9.53 Å². The molecule has 2 rings (SSSR count). The van der Waals surface area contributed by atoms with Crippen molar-refractivity contribution in [2.24, 2.45) is 17.8 Å². The number of esters is 1. The summed E-state index contributed by atoms with van der Waals surface area (Å²) in [6.07, 6.45) is 14.8. The molecule has 2 heteroatoms. The number of rotatable bonds is 4. The van der Waals surface area contributed by atoms with Crippen molar-refractivity contribution in [3.63, 3.8) is 0 Å². The second-order valence-electron chi connectivity index (χ2n) is 5.12. The van der Waals surface area contributed by atoms with Crippen molar-refractivity contribution in [3.05, 3.63) is 24.3 Å². The van der Waals surface area contributed by atoms with Gasteiger partial charge in [-0.2, -0.15) is 0 Å². The number of hydrogen-bond acceptors (Lipinski definition) is 2. The van der Waals surface area contributed by atoms with Crippen LogP contribution in [0.25, 0.3) is 0 Å². The van der Waals surface area contributed by atoms with Crippen molar-refractivity contribution in [2.45, 2.75) is 46.0 Å². The number of hydrogen-bond donors (Lipinski definition) is 0. The van der Waals surface area contributed by atoms with E-state index in [2.05, 4.69) is 38.2 Å². The van der Waals surface area contributed by atoms with Gasteiger partial charge in [-0.15, -0.1) is 0 Å². The van der Waals surface area contributed by atoms with Crippen LogP contribution >= 0.6 is 0 Å². The number of methoxy groups -OCH3 is 1. The summed E-state index contributed by atoms with van der Waals surface area (Å²) in [7, 11) is 1.47. The number of ether oxygens (including phenoxy) is 1. The Kier molecular flexibility index (Phi) is 6.77. The largest absolute Gasteiger partial charge is 0.469 e. The van der Waals surface area contributed by atoms with E-state index in [-0.39, 0.29) is 11.9 Å². The summed E-state index contributed by atoms with van der Waals surface area (Å²) < 4.78 is 4.71. The van der Waals surface area contributed by atoms with Crippen LogP contribution < -0.4 is 0 Å². The fourth-order valence-electron chi connectivity index (χ4n) is 2.69. The maximum atomic E-state index is 11.1. The predicted octanol–water partition coefficient (Wildman–Crippen LogP) is 4.12. The molecule has 2 aliphatic carbocycles. The highest BCUT2D eigenvalue weighted by molar-refractivity contribution is 5.73. The summed E-state index contributed by atoms with van der Waals surface area (Å²) in [5, 5.41) is 0. The lowest BCUT2D eigenvalue weighted by atomic mass is 9.94. The lowest BCUT2D eigenvalue weighted by molar-refractivity contribution is -0.146. The first-order chi connectivity index (χ1) is 8.72. The molecule has 2 aliphatic rings. The summed E-state index contributed by atoms with van der Waals surface area (Å²) >= 11 is 0. The van der Waals surface area contributed by atoms with E-state index < -0.39 is 0 Å². The summed E-state index contributed by atoms with van der Waals surface area (Å²) in [5.41, 5.74) is 0. The Morgan fingerprint density at radius 3 is 2.61 bits per heavy atom.